The van der Waals surface area contributed by atoms with Crippen LogP contribution >= 0.6 is 0 Å². The molecule has 4 heteroatoms. The summed E-state index contributed by atoms with van der Waals surface area (Å²) in [6, 6.07) is 4.25. The van der Waals surface area contributed by atoms with Crippen molar-refractivity contribution in [3.05, 3.63) is 23.9 Å². The second kappa shape index (κ2) is 9.72. The predicted octanol–water partition coefficient (Wildman–Crippen LogP) is 3.19. The van der Waals surface area contributed by atoms with Gasteiger partial charge < -0.3 is 14.8 Å². The number of nitrogens with zero attached hydrogens (tertiary/aromatic N) is 1. The van der Waals surface area contributed by atoms with E-state index in [0.717, 1.165) is 25.1 Å². The molecular formula is C16H28N2O2. The Labute approximate surface area is 122 Å². The highest BCUT2D eigenvalue weighted by Crippen LogP contribution is 2.22. The van der Waals surface area contributed by atoms with Crippen molar-refractivity contribution in [2.75, 3.05) is 26.4 Å². The maximum atomic E-state index is 5.74. The second-order valence-electron chi connectivity index (χ2n) is 5.39. The average Bonchev–Trinajstić information content (AvgIpc) is 2.44. The molecule has 0 spiro atoms. The Bertz CT molecular complexity index is 369. The van der Waals surface area contributed by atoms with Gasteiger partial charge in [-0.3, -0.25) is 0 Å². The number of aromatic nitrogens is 1. The second-order valence-corrected chi connectivity index (χ2v) is 5.39. The van der Waals surface area contributed by atoms with Crippen molar-refractivity contribution in [1.29, 1.82) is 0 Å². The molecule has 0 aromatic carbocycles. The van der Waals surface area contributed by atoms with Gasteiger partial charge in [-0.2, -0.15) is 0 Å². The molecule has 0 aliphatic heterocycles. The van der Waals surface area contributed by atoms with Gasteiger partial charge >= 0.3 is 0 Å². The average molecular weight is 280 g/mol. The maximum Gasteiger partial charge on any atom is 0.218 e. The van der Waals surface area contributed by atoms with Gasteiger partial charge in [0.2, 0.25) is 5.88 Å². The van der Waals surface area contributed by atoms with Gasteiger partial charge in [0, 0.05) is 24.4 Å². The SMILES string of the molecule is CCCNC(C)c1cccnc1OCCOCC(C)C. The zero-order valence-corrected chi connectivity index (χ0v) is 13.2. The summed E-state index contributed by atoms with van der Waals surface area (Å²) in [5.74, 6) is 1.26. The largest absolute Gasteiger partial charge is 0.475 e. The van der Waals surface area contributed by atoms with Gasteiger partial charge in [-0.15, -0.1) is 0 Å². The molecule has 1 rings (SSSR count). The van der Waals surface area contributed by atoms with Gasteiger partial charge in [-0.1, -0.05) is 26.8 Å². The van der Waals surface area contributed by atoms with Crippen molar-refractivity contribution in [2.45, 2.75) is 40.2 Å². The van der Waals surface area contributed by atoms with Crippen molar-refractivity contribution >= 4 is 0 Å². The molecular weight excluding hydrogens is 252 g/mol. The zero-order chi connectivity index (χ0) is 14.8. The van der Waals surface area contributed by atoms with E-state index >= 15 is 0 Å². The Morgan fingerprint density at radius 3 is 2.75 bits per heavy atom. The number of hydrogen-bond donors (Lipinski definition) is 1. The molecule has 1 atom stereocenters. The highest BCUT2D eigenvalue weighted by molar-refractivity contribution is 5.28. The Morgan fingerprint density at radius 1 is 1.25 bits per heavy atom. The van der Waals surface area contributed by atoms with Crippen LogP contribution in [-0.4, -0.2) is 31.3 Å². The normalized spacial score (nSPS) is 12.7. The Kier molecular flexibility index (Phi) is 8.23. The van der Waals surface area contributed by atoms with Crippen molar-refractivity contribution in [3.8, 4) is 5.88 Å². The summed E-state index contributed by atoms with van der Waals surface area (Å²) in [4.78, 5) is 4.32. The Hall–Kier alpha value is -1.13. The van der Waals surface area contributed by atoms with Crippen molar-refractivity contribution in [1.82, 2.24) is 10.3 Å². The first-order chi connectivity index (χ1) is 9.65. The van der Waals surface area contributed by atoms with Crippen molar-refractivity contribution in [2.24, 2.45) is 5.92 Å². The van der Waals surface area contributed by atoms with E-state index in [1.54, 1.807) is 6.20 Å². The number of ether oxygens (including phenoxy) is 2. The number of nitrogens with one attached hydrogen (secondary N) is 1. The summed E-state index contributed by atoms with van der Waals surface area (Å²) < 4.78 is 11.3. The van der Waals surface area contributed by atoms with Gasteiger partial charge in [-0.05, 0) is 31.9 Å². The quantitative estimate of drug-likeness (QED) is 0.668. The third-order valence-corrected chi connectivity index (χ3v) is 2.89. The lowest BCUT2D eigenvalue weighted by Crippen LogP contribution is -2.20. The standard InChI is InChI=1S/C16H28N2O2/c1-5-8-17-14(4)15-7-6-9-18-16(15)20-11-10-19-12-13(2)3/h6-7,9,13-14,17H,5,8,10-12H2,1-4H3. The smallest absolute Gasteiger partial charge is 0.218 e. The van der Waals surface area contributed by atoms with Crippen LogP contribution in [0.2, 0.25) is 0 Å². The van der Waals surface area contributed by atoms with Gasteiger partial charge in [0.25, 0.3) is 0 Å². The van der Waals surface area contributed by atoms with Crippen LogP contribution in [0.25, 0.3) is 0 Å². The summed E-state index contributed by atoms with van der Waals surface area (Å²) in [6.45, 7) is 11.5. The summed E-state index contributed by atoms with van der Waals surface area (Å²) in [6.07, 6.45) is 2.88. The van der Waals surface area contributed by atoms with Crippen molar-refractivity contribution < 1.29 is 9.47 Å². The topological polar surface area (TPSA) is 43.4 Å². The molecule has 0 radical (unpaired) electrons. The van der Waals surface area contributed by atoms with E-state index in [4.69, 9.17) is 9.47 Å². The summed E-state index contributed by atoms with van der Waals surface area (Å²) in [5, 5.41) is 3.45. The van der Waals surface area contributed by atoms with Gasteiger partial charge in [0.15, 0.2) is 0 Å². The molecule has 20 heavy (non-hydrogen) atoms. The van der Waals surface area contributed by atoms with Gasteiger partial charge in [0.05, 0.1) is 6.61 Å². The molecule has 0 aliphatic carbocycles. The fourth-order valence-electron chi connectivity index (χ4n) is 1.84. The van der Waals surface area contributed by atoms with Crippen LogP contribution in [0.3, 0.4) is 0 Å². The lowest BCUT2D eigenvalue weighted by molar-refractivity contribution is 0.0801. The molecule has 1 unspecified atom stereocenters. The minimum Gasteiger partial charge on any atom is -0.475 e. The molecule has 1 aromatic rings. The van der Waals surface area contributed by atoms with E-state index in [2.05, 4.69) is 44.1 Å². The van der Waals surface area contributed by atoms with Crippen LogP contribution in [0.1, 0.15) is 45.7 Å². The van der Waals surface area contributed by atoms with Crippen molar-refractivity contribution in [3.63, 3.8) is 0 Å². The minimum atomic E-state index is 0.246. The number of rotatable bonds is 10. The predicted molar refractivity (Wildman–Crippen MR) is 82.1 cm³/mol. The monoisotopic (exact) mass is 280 g/mol. The fourth-order valence-corrected chi connectivity index (χ4v) is 1.84. The summed E-state index contributed by atoms with van der Waals surface area (Å²) >= 11 is 0. The highest BCUT2D eigenvalue weighted by atomic mass is 16.5. The molecule has 1 N–H and O–H groups in total. The number of hydrogen-bond acceptors (Lipinski definition) is 4. The fraction of sp³-hybridized carbons (Fsp3) is 0.688. The molecule has 114 valence electrons. The highest BCUT2D eigenvalue weighted by Gasteiger charge is 2.11. The molecule has 0 saturated heterocycles. The summed E-state index contributed by atoms with van der Waals surface area (Å²) in [7, 11) is 0. The molecule has 0 bridgehead atoms. The molecule has 0 fully saturated rings. The van der Waals surface area contributed by atoms with Crippen LogP contribution in [-0.2, 0) is 4.74 Å². The maximum absolute atomic E-state index is 5.74. The third kappa shape index (κ3) is 6.35. The van der Waals surface area contributed by atoms with E-state index in [0.29, 0.717) is 25.0 Å². The van der Waals surface area contributed by atoms with Crippen LogP contribution in [0, 0.1) is 5.92 Å². The Balaban J connectivity index is 2.44. The van der Waals surface area contributed by atoms with E-state index in [1.165, 1.54) is 0 Å². The van der Waals surface area contributed by atoms with Gasteiger partial charge in [-0.25, -0.2) is 4.98 Å². The molecule has 1 aromatic heterocycles. The molecule has 4 nitrogen and oxygen atoms in total. The van der Waals surface area contributed by atoms with E-state index in [-0.39, 0.29) is 6.04 Å². The molecule has 1 heterocycles. The van der Waals surface area contributed by atoms with E-state index in [1.807, 2.05) is 6.07 Å². The molecule has 0 amide bonds. The molecule has 0 aliphatic rings. The van der Waals surface area contributed by atoms with Crippen LogP contribution in [0.5, 0.6) is 5.88 Å². The lowest BCUT2D eigenvalue weighted by atomic mass is 10.1. The van der Waals surface area contributed by atoms with Crippen LogP contribution < -0.4 is 10.1 Å². The lowest BCUT2D eigenvalue weighted by Gasteiger charge is -2.17. The number of pyridine rings is 1. The summed E-state index contributed by atoms with van der Waals surface area (Å²) in [5.41, 5.74) is 1.10. The minimum absolute atomic E-state index is 0.246. The molecule has 0 saturated carbocycles. The first-order valence-electron chi connectivity index (χ1n) is 7.54. The Morgan fingerprint density at radius 2 is 2.05 bits per heavy atom. The van der Waals surface area contributed by atoms with Crippen LogP contribution in [0.15, 0.2) is 18.3 Å². The first kappa shape index (κ1) is 16.9. The zero-order valence-electron chi connectivity index (χ0n) is 13.2. The van der Waals surface area contributed by atoms with Gasteiger partial charge in [0.1, 0.15) is 6.61 Å². The first-order valence-corrected chi connectivity index (χ1v) is 7.54. The van der Waals surface area contributed by atoms with E-state index < -0.39 is 0 Å². The third-order valence-electron chi connectivity index (χ3n) is 2.89. The van der Waals surface area contributed by atoms with Crippen LogP contribution in [0.4, 0.5) is 0 Å². The van der Waals surface area contributed by atoms with E-state index in [9.17, 15) is 0 Å².